The van der Waals surface area contributed by atoms with Crippen molar-refractivity contribution in [3.8, 4) is 0 Å². The number of hydrogen-bond acceptors (Lipinski definition) is 2. The highest BCUT2D eigenvalue weighted by Gasteiger charge is 2.27. The van der Waals surface area contributed by atoms with Gasteiger partial charge in [0.2, 0.25) is 0 Å². The molecule has 18 heavy (non-hydrogen) atoms. The van der Waals surface area contributed by atoms with Gasteiger partial charge in [0, 0.05) is 12.1 Å². The molecule has 1 aliphatic rings. The van der Waals surface area contributed by atoms with Gasteiger partial charge in [0.15, 0.2) is 0 Å². The highest BCUT2D eigenvalue weighted by atomic mass is 19.1. The Morgan fingerprint density at radius 1 is 1.06 bits per heavy atom. The summed E-state index contributed by atoms with van der Waals surface area (Å²) in [6.07, 6.45) is 4.93. The van der Waals surface area contributed by atoms with Gasteiger partial charge in [-0.05, 0) is 63.4 Å². The van der Waals surface area contributed by atoms with Gasteiger partial charge in [-0.2, -0.15) is 0 Å². The average molecular weight is 250 g/mol. The fraction of sp³-hybridized carbons (Fsp3) is 0.600. The number of benzene rings is 1. The number of hydrogen-bond donors (Lipinski definition) is 2. The summed E-state index contributed by atoms with van der Waals surface area (Å²) in [4.78, 5) is 0. The van der Waals surface area contributed by atoms with E-state index in [1.165, 1.54) is 31.2 Å². The van der Waals surface area contributed by atoms with Gasteiger partial charge in [0.1, 0.15) is 5.82 Å². The monoisotopic (exact) mass is 250 g/mol. The molecule has 2 nitrogen and oxygen atoms in total. The van der Waals surface area contributed by atoms with E-state index in [1.807, 2.05) is 26.2 Å². The summed E-state index contributed by atoms with van der Waals surface area (Å²) in [7, 11) is 4.04. The molecule has 0 heterocycles. The summed E-state index contributed by atoms with van der Waals surface area (Å²) in [6.45, 7) is 0. The first-order valence-corrected chi connectivity index (χ1v) is 6.84. The second-order valence-corrected chi connectivity index (χ2v) is 5.22. The van der Waals surface area contributed by atoms with E-state index in [4.69, 9.17) is 0 Å². The van der Waals surface area contributed by atoms with Gasteiger partial charge in [0.25, 0.3) is 0 Å². The quantitative estimate of drug-likeness (QED) is 0.858. The summed E-state index contributed by atoms with van der Waals surface area (Å²) in [5.41, 5.74) is 1.20. The van der Waals surface area contributed by atoms with Gasteiger partial charge in [-0.25, -0.2) is 4.39 Å². The average Bonchev–Trinajstić information content (AvgIpc) is 2.42. The van der Waals surface area contributed by atoms with E-state index in [0.29, 0.717) is 18.0 Å². The zero-order valence-electron chi connectivity index (χ0n) is 11.2. The molecule has 0 aliphatic heterocycles. The van der Waals surface area contributed by atoms with Crippen molar-refractivity contribution in [2.45, 2.75) is 37.8 Å². The Morgan fingerprint density at radius 3 is 2.17 bits per heavy atom. The third-order valence-electron chi connectivity index (χ3n) is 4.19. The molecule has 1 aromatic carbocycles. The third kappa shape index (κ3) is 3.09. The largest absolute Gasteiger partial charge is 0.317 e. The van der Waals surface area contributed by atoms with Crippen molar-refractivity contribution in [1.82, 2.24) is 10.6 Å². The Labute approximate surface area is 109 Å². The van der Waals surface area contributed by atoms with Crippen molar-refractivity contribution in [2.24, 2.45) is 5.92 Å². The van der Waals surface area contributed by atoms with Crippen molar-refractivity contribution >= 4 is 0 Å². The van der Waals surface area contributed by atoms with E-state index >= 15 is 0 Å². The molecule has 100 valence electrons. The lowest BCUT2D eigenvalue weighted by Gasteiger charge is -2.34. The Kier molecular flexibility index (Phi) is 4.72. The van der Waals surface area contributed by atoms with Crippen molar-refractivity contribution in [1.29, 1.82) is 0 Å². The van der Waals surface area contributed by atoms with Crippen LogP contribution in [-0.2, 0) is 0 Å². The predicted molar refractivity (Wildman–Crippen MR) is 73.0 cm³/mol. The van der Waals surface area contributed by atoms with Crippen molar-refractivity contribution in [2.75, 3.05) is 14.1 Å². The van der Waals surface area contributed by atoms with Crippen LogP contribution in [0.2, 0.25) is 0 Å². The van der Waals surface area contributed by atoms with Gasteiger partial charge in [-0.1, -0.05) is 12.1 Å². The zero-order valence-corrected chi connectivity index (χ0v) is 11.2. The molecule has 1 aliphatic carbocycles. The number of halogens is 1. The summed E-state index contributed by atoms with van der Waals surface area (Å²) in [5.74, 6) is 0.498. The molecule has 0 amide bonds. The molecule has 1 fully saturated rings. The van der Waals surface area contributed by atoms with E-state index < -0.39 is 0 Å². The van der Waals surface area contributed by atoms with Gasteiger partial charge in [-0.3, -0.25) is 0 Å². The van der Waals surface area contributed by atoms with Crippen LogP contribution >= 0.6 is 0 Å². The summed E-state index contributed by atoms with van der Waals surface area (Å²) in [6, 6.07) is 7.94. The van der Waals surface area contributed by atoms with Crippen LogP contribution in [0.1, 0.15) is 37.3 Å². The molecule has 2 rings (SSSR count). The number of rotatable bonds is 4. The first-order valence-electron chi connectivity index (χ1n) is 6.84. The van der Waals surface area contributed by atoms with E-state index in [-0.39, 0.29) is 5.82 Å². The standard InChI is InChI=1S/C15H23FN2/c1-17-14-9-5-12(6-10-14)15(18-2)11-3-7-13(16)8-4-11/h3-4,7-8,12,14-15,17-18H,5-6,9-10H2,1-2H3. The third-order valence-corrected chi connectivity index (χ3v) is 4.19. The van der Waals surface area contributed by atoms with E-state index in [2.05, 4.69) is 10.6 Å². The highest BCUT2D eigenvalue weighted by molar-refractivity contribution is 5.20. The summed E-state index contributed by atoms with van der Waals surface area (Å²) >= 11 is 0. The minimum atomic E-state index is -0.160. The van der Waals surface area contributed by atoms with Gasteiger partial charge < -0.3 is 10.6 Å². The van der Waals surface area contributed by atoms with Gasteiger partial charge in [0.05, 0.1) is 0 Å². The normalized spacial score (nSPS) is 25.9. The molecule has 1 saturated carbocycles. The van der Waals surface area contributed by atoms with Crippen LogP contribution in [0.3, 0.4) is 0 Å². The Hall–Kier alpha value is -0.930. The second kappa shape index (κ2) is 6.30. The molecular formula is C15H23FN2. The molecule has 1 aromatic rings. The van der Waals surface area contributed by atoms with E-state index in [9.17, 15) is 4.39 Å². The van der Waals surface area contributed by atoms with Crippen molar-refractivity contribution in [3.63, 3.8) is 0 Å². The maximum atomic E-state index is 13.0. The molecular weight excluding hydrogens is 227 g/mol. The molecule has 0 aromatic heterocycles. The van der Waals surface area contributed by atoms with Crippen LogP contribution in [0.4, 0.5) is 4.39 Å². The predicted octanol–water partition coefficient (Wildman–Crippen LogP) is 2.86. The lowest BCUT2D eigenvalue weighted by atomic mass is 9.79. The molecule has 2 N–H and O–H groups in total. The maximum Gasteiger partial charge on any atom is 0.123 e. The summed E-state index contributed by atoms with van der Waals surface area (Å²) in [5, 5.41) is 6.76. The molecule has 1 atom stereocenters. The first kappa shape index (κ1) is 13.5. The Bertz CT molecular complexity index is 355. The topological polar surface area (TPSA) is 24.1 Å². The number of nitrogens with one attached hydrogen (secondary N) is 2. The fourth-order valence-electron chi connectivity index (χ4n) is 3.09. The molecule has 1 unspecified atom stereocenters. The second-order valence-electron chi connectivity index (χ2n) is 5.22. The van der Waals surface area contributed by atoms with Gasteiger partial charge >= 0.3 is 0 Å². The van der Waals surface area contributed by atoms with Crippen LogP contribution in [0, 0.1) is 11.7 Å². The fourth-order valence-corrected chi connectivity index (χ4v) is 3.09. The van der Waals surface area contributed by atoms with Crippen LogP contribution in [-0.4, -0.2) is 20.1 Å². The van der Waals surface area contributed by atoms with E-state index in [0.717, 1.165) is 0 Å². The van der Waals surface area contributed by atoms with Crippen LogP contribution in [0.25, 0.3) is 0 Å². The molecule has 0 radical (unpaired) electrons. The molecule has 0 spiro atoms. The first-order chi connectivity index (χ1) is 8.74. The van der Waals surface area contributed by atoms with Crippen LogP contribution < -0.4 is 10.6 Å². The minimum Gasteiger partial charge on any atom is -0.317 e. The van der Waals surface area contributed by atoms with Crippen molar-refractivity contribution < 1.29 is 4.39 Å². The molecule has 0 saturated heterocycles. The van der Waals surface area contributed by atoms with Gasteiger partial charge in [-0.15, -0.1) is 0 Å². The molecule has 0 bridgehead atoms. The lowest BCUT2D eigenvalue weighted by Crippen LogP contribution is -2.34. The molecule has 3 heteroatoms. The highest BCUT2D eigenvalue weighted by Crippen LogP contribution is 2.34. The summed E-state index contributed by atoms with van der Waals surface area (Å²) < 4.78 is 13.0. The van der Waals surface area contributed by atoms with Crippen LogP contribution in [0.15, 0.2) is 24.3 Å². The Balaban J connectivity index is 2.03. The lowest BCUT2D eigenvalue weighted by molar-refractivity contribution is 0.247. The SMILES string of the molecule is CNC1CCC(C(NC)c2ccc(F)cc2)CC1. The smallest absolute Gasteiger partial charge is 0.123 e. The van der Waals surface area contributed by atoms with E-state index in [1.54, 1.807) is 12.1 Å². The zero-order chi connectivity index (χ0) is 13.0. The van der Waals surface area contributed by atoms with Crippen LogP contribution in [0.5, 0.6) is 0 Å². The maximum absolute atomic E-state index is 13.0. The van der Waals surface area contributed by atoms with Crippen molar-refractivity contribution in [3.05, 3.63) is 35.6 Å². The Morgan fingerprint density at radius 2 is 1.67 bits per heavy atom. The minimum absolute atomic E-state index is 0.160.